The first-order chi connectivity index (χ1) is 18.1. The highest BCUT2D eigenvalue weighted by Crippen LogP contribution is 2.36. The van der Waals surface area contributed by atoms with Gasteiger partial charge in [0.15, 0.2) is 18.8 Å². The molecule has 16 heteroatoms. The molecular formula is C23H33NO15. The van der Waals surface area contributed by atoms with Gasteiger partial charge in [0.05, 0.1) is 19.6 Å². The van der Waals surface area contributed by atoms with Gasteiger partial charge in [-0.05, 0) is 0 Å². The van der Waals surface area contributed by atoms with Gasteiger partial charge in [0.1, 0.15) is 18.8 Å². The number of amides is 1. The van der Waals surface area contributed by atoms with Gasteiger partial charge in [0, 0.05) is 41.7 Å². The van der Waals surface area contributed by atoms with Crippen LogP contribution in [-0.2, 0) is 71.5 Å². The molecule has 1 heterocycles. The Bertz CT molecular complexity index is 950. The number of nitrogens with one attached hydrogen (secondary N) is 1. The minimum absolute atomic E-state index is 0.514. The number of hydrogen-bond donors (Lipinski definition) is 1. The van der Waals surface area contributed by atoms with Crippen LogP contribution in [0.25, 0.3) is 0 Å². The number of hydrogen-bond acceptors (Lipinski definition) is 15. The van der Waals surface area contributed by atoms with Gasteiger partial charge in [-0.3, -0.25) is 28.8 Å². The Morgan fingerprint density at radius 1 is 0.846 bits per heavy atom. The summed E-state index contributed by atoms with van der Waals surface area (Å²) in [5.41, 5.74) is 0. The third kappa shape index (κ3) is 10.1. The first-order valence-electron chi connectivity index (χ1n) is 11.5. The number of methoxy groups -OCH3 is 2. The molecule has 0 aromatic heterocycles. The van der Waals surface area contributed by atoms with Crippen LogP contribution in [0.1, 0.15) is 41.0 Å². The first kappa shape index (κ1) is 33.2. The van der Waals surface area contributed by atoms with E-state index in [9.17, 15) is 33.6 Å². The van der Waals surface area contributed by atoms with E-state index in [4.69, 9.17) is 37.9 Å². The molecule has 1 aliphatic rings. The Morgan fingerprint density at radius 2 is 1.44 bits per heavy atom. The minimum Gasteiger partial charge on any atom is -0.465 e. The monoisotopic (exact) mass is 563 g/mol. The summed E-state index contributed by atoms with van der Waals surface area (Å²) in [5.74, 6) is -8.42. The van der Waals surface area contributed by atoms with Crippen molar-refractivity contribution in [3.05, 3.63) is 0 Å². The van der Waals surface area contributed by atoms with Crippen molar-refractivity contribution in [3.63, 3.8) is 0 Å². The topological polar surface area (TPSA) is 205 Å². The highest BCUT2D eigenvalue weighted by molar-refractivity contribution is 5.81. The largest absolute Gasteiger partial charge is 0.465 e. The lowest BCUT2D eigenvalue weighted by atomic mass is 9.88. The first-order valence-corrected chi connectivity index (χ1v) is 11.5. The molecule has 0 saturated carbocycles. The fraction of sp³-hybridized carbons (Fsp3) is 0.696. The van der Waals surface area contributed by atoms with Gasteiger partial charge in [-0.25, -0.2) is 4.79 Å². The van der Waals surface area contributed by atoms with Crippen LogP contribution in [0.15, 0.2) is 0 Å². The number of carbonyl (C=O) groups is 7. The van der Waals surface area contributed by atoms with Gasteiger partial charge in [-0.2, -0.15) is 0 Å². The quantitative estimate of drug-likeness (QED) is 0.216. The normalized spacial score (nSPS) is 23.7. The van der Waals surface area contributed by atoms with E-state index < -0.39 is 97.6 Å². The summed E-state index contributed by atoms with van der Waals surface area (Å²) in [7, 11) is 2.11. The molecule has 0 aromatic carbocycles. The van der Waals surface area contributed by atoms with Crippen molar-refractivity contribution in [2.75, 3.05) is 27.4 Å². The van der Waals surface area contributed by atoms with Crippen LogP contribution in [-0.4, -0.2) is 105 Å². The molecule has 1 rings (SSSR count). The lowest BCUT2D eigenvalue weighted by Crippen LogP contribution is -2.69. The number of ether oxygens (including phenoxy) is 8. The van der Waals surface area contributed by atoms with Gasteiger partial charge in [0.2, 0.25) is 0 Å². The van der Waals surface area contributed by atoms with Crippen molar-refractivity contribution in [1.29, 1.82) is 0 Å². The molecule has 0 aliphatic carbocycles. The molecule has 0 radical (unpaired) electrons. The van der Waals surface area contributed by atoms with Crippen molar-refractivity contribution in [2.24, 2.45) is 0 Å². The summed E-state index contributed by atoms with van der Waals surface area (Å²) in [5, 5.41) is 2.46. The van der Waals surface area contributed by atoms with Crippen LogP contribution in [0, 0.1) is 0 Å². The number of rotatable bonds is 12. The average molecular weight is 564 g/mol. The Hall–Kier alpha value is -3.79. The maximum atomic E-state index is 12.8. The smallest absolute Gasteiger partial charge is 0.366 e. The van der Waals surface area contributed by atoms with Gasteiger partial charge in [-0.1, -0.05) is 0 Å². The molecule has 1 saturated heterocycles. The van der Waals surface area contributed by atoms with Crippen LogP contribution in [0.4, 0.5) is 0 Å². The zero-order valence-electron chi connectivity index (χ0n) is 22.6. The second-order valence-corrected chi connectivity index (χ2v) is 8.28. The highest BCUT2D eigenvalue weighted by atomic mass is 16.7. The van der Waals surface area contributed by atoms with E-state index in [0.717, 1.165) is 48.8 Å². The van der Waals surface area contributed by atoms with Crippen molar-refractivity contribution in [1.82, 2.24) is 5.32 Å². The van der Waals surface area contributed by atoms with Gasteiger partial charge in [0.25, 0.3) is 11.7 Å². The summed E-state index contributed by atoms with van der Waals surface area (Å²) in [6.07, 6.45) is -6.82. The molecule has 220 valence electrons. The van der Waals surface area contributed by atoms with Gasteiger partial charge >= 0.3 is 35.8 Å². The molecule has 1 N–H and O–H groups in total. The molecule has 0 bridgehead atoms. The van der Waals surface area contributed by atoms with E-state index >= 15 is 0 Å². The van der Waals surface area contributed by atoms with Crippen LogP contribution in [0.2, 0.25) is 0 Å². The van der Waals surface area contributed by atoms with Crippen LogP contribution >= 0.6 is 0 Å². The van der Waals surface area contributed by atoms with Crippen LogP contribution < -0.4 is 5.32 Å². The minimum atomic E-state index is -2.27. The second-order valence-electron chi connectivity index (χ2n) is 8.28. The van der Waals surface area contributed by atoms with Crippen LogP contribution in [0.5, 0.6) is 0 Å². The lowest BCUT2D eigenvalue weighted by Gasteiger charge is -2.48. The van der Waals surface area contributed by atoms with Crippen molar-refractivity contribution in [3.8, 4) is 0 Å². The molecule has 0 aromatic rings. The van der Waals surface area contributed by atoms with E-state index in [2.05, 4.69) is 5.32 Å². The van der Waals surface area contributed by atoms with E-state index in [1.165, 1.54) is 0 Å². The van der Waals surface area contributed by atoms with E-state index in [1.807, 2.05) is 0 Å². The maximum absolute atomic E-state index is 12.8. The second kappa shape index (κ2) is 15.0. The van der Waals surface area contributed by atoms with Gasteiger partial charge in [-0.15, -0.1) is 0 Å². The summed E-state index contributed by atoms with van der Waals surface area (Å²) < 4.78 is 41.7. The summed E-state index contributed by atoms with van der Waals surface area (Å²) in [6.45, 7) is 3.84. The average Bonchev–Trinajstić information content (AvgIpc) is 2.83. The fourth-order valence-corrected chi connectivity index (χ4v) is 3.77. The molecule has 0 unspecified atom stereocenters. The third-order valence-electron chi connectivity index (χ3n) is 5.19. The summed E-state index contributed by atoms with van der Waals surface area (Å²) in [6, 6.07) is -1.43. The summed E-state index contributed by atoms with van der Waals surface area (Å²) in [4.78, 5) is 84.2. The summed E-state index contributed by atoms with van der Waals surface area (Å²) >= 11 is 0. The zero-order chi connectivity index (χ0) is 29.9. The van der Waals surface area contributed by atoms with Crippen LogP contribution in [0.3, 0.4) is 0 Å². The van der Waals surface area contributed by atoms with Gasteiger partial charge < -0.3 is 43.2 Å². The Morgan fingerprint density at radius 3 is 1.90 bits per heavy atom. The predicted molar refractivity (Wildman–Crippen MR) is 123 cm³/mol. The maximum Gasteiger partial charge on any atom is 0.366 e. The Labute approximate surface area is 223 Å². The van der Waals surface area contributed by atoms with Crippen molar-refractivity contribution in [2.45, 2.75) is 77.3 Å². The molecule has 16 nitrogen and oxygen atoms in total. The SMILES string of the molecule is COC(=O)[C@]1(OC)C[C@H](OC(C)=O)[C@@H](NC(=O)COC(C)=O)[C@H]([C@H](OC(C)=O)[C@@H](COC(C)=O)OC(C)=O)O1. The molecule has 0 spiro atoms. The molecular weight excluding hydrogens is 530 g/mol. The Balaban J connectivity index is 3.75. The van der Waals surface area contributed by atoms with E-state index in [1.54, 1.807) is 0 Å². The molecule has 1 aliphatic heterocycles. The van der Waals surface area contributed by atoms with E-state index in [-0.39, 0.29) is 0 Å². The zero-order valence-corrected chi connectivity index (χ0v) is 22.6. The standard InChI is InChI=1S/C23H33NO15/c1-11(25)34-9-17(37-14(4)28)20(38-15(5)29)21-19(24-18(30)10-35-12(2)26)16(36-13(3)27)8-23(33-7,39-21)22(31)32-6/h16-17,19-21H,8-10H2,1-7H3,(H,24,30)/t16-,17+,19+,20+,21+,23-/m0/s1. The number of carbonyl (C=O) groups excluding carboxylic acids is 7. The molecule has 1 fully saturated rings. The van der Waals surface area contributed by atoms with Crippen molar-refractivity contribution < 1.29 is 71.5 Å². The molecule has 1 amide bonds. The highest BCUT2D eigenvalue weighted by Gasteiger charge is 2.59. The van der Waals surface area contributed by atoms with E-state index in [0.29, 0.717) is 0 Å². The molecule has 6 atom stereocenters. The predicted octanol–water partition coefficient (Wildman–Crippen LogP) is -1.30. The van der Waals surface area contributed by atoms with Crippen molar-refractivity contribution >= 4 is 41.7 Å². The Kier molecular flexibility index (Phi) is 12.8. The third-order valence-corrected chi connectivity index (χ3v) is 5.19. The lowest BCUT2D eigenvalue weighted by molar-refractivity contribution is -0.307. The fourth-order valence-electron chi connectivity index (χ4n) is 3.77. The number of esters is 6. The molecule has 39 heavy (non-hydrogen) atoms.